The maximum Gasteiger partial charge on any atom is 0.123 e. The van der Waals surface area contributed by atoms with Gasteiger partial charge in [-0.15, -0.1) is 11.8 Å². The van der Waals surface area contributed by atoms with Gasteiger partial charge in [0, 0.05) is 16.5 Å². The van der Waals surface area contributed by atoms with Gasteiger partial charge in [-0.1, -0.05) is 31.4 Å². The van der Waals surface area contributed by atoms with E-state index < -0.39 is 0 Å². The van der Waals surface area contributed by atoms with Gasteiger partial charge in [0.05, 0.1) is 0 Å². The first-order chi connectivity index (χ1) is 8.66. The van der Waals surface area contributed by atoms with Gasteiger partial charge in [0.15, 0.2) is 0 Å². The van der Waals surface area contributed by atoms with Crippen LogP contribution in [0.1, 0.15) is 49.8 Å². The van der Waals surface area contributed by atoms with E-state index in [4.69, 9.17) is 5.73 Å². The summed E-state index contributed by atoms with van der Waals surface area (Å²) in [5.74, 6) is -0.176. The van der Waals surface area contributed by atoms with Gasteiger partial charge >= 0.3 is 0 Å². The lowest BCUT2D eigenvalue weighted by atomic mass is 10.0. The Morgan fingerprint density at radius 1 is 1.17 bits per heavy atom. The van der Waals surface area contributed by atoms with Gasteiger partial charge in [-0.2, -0.15) is 0 Å². The van der Waals surface area contributed by atoms with E-state index in [0.29, 0.717) is 0 Å². The molecule has 1 aliphatic carbocycles. The predicted molar refractivity (Wildman–Crippen MR) is 77.3 cm³/mol. The summed E-state index contributed by atoms with van der Waals surface area (Å²) in [6, 6.07) is 6.92. The molecule has 1 saturated carbocycles. The third-order valence-electron chi connectivity index (χ3n) is 3.57. The van der Waals surface area contributed by atoms with E-state index in [9.17, 15) is 4.39 Å². The van der Waals surface area contributed by atoms with Crippen LogP contribution in [0.3, 0.4) is 0 Å². The molecule has 2 atom stereocenters. The van der Waals surface area contributed by atoms with E-state index in [1.54, 1.807) is 0 Å². The van der Waals surface area contributed by atoms with Crippen LogP contribution in [0, 0.1) is 5.82 Å². The first-order valence-corrected chi connectivity index (χ1v) is 7.77. The van der Waals surface area contributed by atoms with E-state index in [1.807, 2.05) is 30.8 Å². The Bertz CT molecular complexity index is 357. The summed E-state index contributed by atoms with van der Waals surface area (Å²) in [5, 5.41) is 1.01. The molecule has 0 bridgehead atoms. The molecule has 0 heterocycles. The van der Waals surface area contributed by atoms with Crippen molar-refractivity contribution in [3.63, 3.8) is 0 Å². The average Bonchev–Trinajstić information content (AvgIpc) is 2.38. The van der Waals surface area contributed by atoms with Crippen molar-refractivity contribution in [2.24, 2.45) is 5.73 Å². The molecule has 2 unspecified atom stereocenters. The number of hydrogen-bond acceptors (Lipinski definition) is 2. The SMILES string of the molecule is CC(N)C(SC1CCCCC1)c1ccc(F)cc1. The molecule has 0 saturated heterocycles. The molecule has 1 aromatic rings. The molecule has 0 amide bonds. The highest BCUT2D eigenvalue weighted by atomic mass is 32.2. The lowest BCUT2D eigenvalue weighted by Crippen LogP contribution is -2.25. The zero-order valence-electron chi connectivity index (χ0n) is 10.9. The van der Waals surface area contributed by atoms with Crippen LogP contribution in [-0.2, 0) is 0 Å². The van der Waals surface area contributed by atoms with Crippen molar-refractivity contribution < 1.29 is 4.39 Å². The second-order valence-corrected chi connectivity index (χ2v) is 6.67. The third kappa shape index (κ3) is 3.72. The summed E-state index contributed by atoms with van der Waals surface area (Å²) in [6.07, 6.45) is 6.65. The van der Waals surface area contributed by atoms with Crippen LogP contribution in [0.4, 0.5) is 4.39 Å². The molecule has 1 aromatic carbocycles. The summed E-state index contributed by atoms with van der Waals surface area (Å²) in [7, 11) is 0. The summed E-state index contributed by atoms with van der Waals surface area (Å²) < 4.78 is 13.0. The maximum atomic E-state index is 13.0. The molecule has 0 radical (unpaired) electrons. The Balaban J connectivity index is 2.05. The van der Waals surface area contributed by atoms with Crippen molar-refractivity contribution in [3.8, 4) is 0 Å². The van der Waals surface area contributed by atoms with Crippen molar-refractivity contribution in [2.45, 2.75) is 55.6 Å². The Morgan fingerprint density at radius 3 is 2.33 bits per heavy atom. The van der Waals surface area contributed by atoms with Gasteiger partial charge in [-0.25, -0.2) is 4.39 Å². The topological polar surface area (TPSA) is 26.0 Å². The first-order valence-electron chi connectivity index (χ1n) is 6.83. The molecule has 1 aliphatic rings. The lowest BCUT2D eigenvalue weighted by molar-refractivity contribution is 0.513. The molecule has 3 heteroatoms. The fourth-order valence-corrected chi connectivity index (χ4v) is 4.15. The Kier molecular flexibility index (Phi) is 5.07. The van der Waals surface area contributed by atoms with Crippen molar-refractivity contribution >= 4 is 11.8 Å². The minimum absolute atomic E-state index is 0.0994. The lowest BCUT2D eigenvalue weighted by Gasteiger charge is -2.28. The molecule has 0 aromatic heterocycles. The number of hydrogen-bond donors (Lipinski definition) is 1. The van der Waals surface area contributed by atoms with Crippen LogP contribution < -0.4 is 5.73 Å². The quantitative estimate of drug-likeness (QED) is 0.881. The minimum atomic E-state index is -0.176. The first kappa shape index (κ1) is 13.9. The van der Waals surface area contributed by atoms with Crippen LogP contribution in [0.15, 0.2) is 24.3 Å². The summed E-state index contributed by atoms with van der Waals surface area (Å²) in [6.45, 7) is 2.05. The number of nitrogens with two attached hydrogens (primary N) is 1. The average molecular weight is 267 g/mol. The van der Waals surface area contributed by atoms with Crippen molar-refractivity contribution in [1.29, 1.82) is 0 Å². The standard InChI is InChI=1S/C15H22FNS/c1-11(17)15(12-7-9-13(16)10-8-12)18-14-5-3-2-4-6-14/h7-11,14-15H,2-6,17H2,1H3. The highest BCUT2D eigenvalue weighted by molar-refractivity contribution is 8.00. The zero-order chi connectivity index (χ0) is 13.0. The molecular weight excluding hydrogens is 245 g/mol. The van der Waals surface area contributed by atoms with Crippen LogP contribution in [0.2, 0.25) is 0 Å². The normalized spacial score (nSPS) is 20.6. The largest absolute Gasteiger partial charge is 0.327 e. The Morgan fingerprint density at radius 2 is 1.78 bits per heavy atom. The molecule has 0 spiro atoms. The van der Waals surface area contributed by atoms with Gasteiger partial charge in [-0.05, 0) is 37.5 Å². The summed E-state index contributed by atoms with van der Waals surface area (Å²) in [5.41, 5.74) is 7.26. The number of rotatable bonds is 4. The fourth-order valence-electron chi connectivity index (χ4n) is 2.57. The number of halogens is 1. The van der Waals surface area contributed by atoms with Crippen molar-refractivity contribution in [1.82, 2.24) is 0 Å². The van der Waals surface area contributed by atoms with Crippen molar-refractivity contribution in [2.75, 3.05) is 0 Å². The van der Waals surface area contributed by atoms with Crippen molar-refractivity contribution in [3.05, 3.63) is 35.6 Å². The molecule has 2 rings (SSSR count). The molecule has 18 heavy (non-hydrogen) atoms. The monoisotopic (exact) mass is 267 g/mol. The maximum absolute atomic E-state index is 13.0. The van der Waals surface area contributed by atoms with Gasteiger partial charge in [0.2, 0.25) is 0 Å². The second kappa shape index (κ2) is 6.58. The highest BCUT2D eigenvalue weighted by Crippen LogP contribution is 2.40. The van der Waals surface area contributed by atoms with E-state index >= 15 is 0 Å². The van der Waals surface area contributed by atoms with E-state index in [2.05, 4.69) is 0 Å². The minimum Gasteiger partial charge on any atom is -0.327 e. The van der Waals surface area contributed by atoms with Crippen LogP contribution in [-0.4, -0.2) is 11.3 Å². The zero-order valence-corrected chi connectivity index (χ0v) is 11.8. The molecular formula is C15H22FNS. The Hall–Kier alpha value is -0.540. The van der Waals surface area contributed by atoms with Crippen LogP contribution >= 0.6 is 11.8 Å². The van der Waals surface area contributed by atoms with Gasteiger partial charge in [0.1, 0.15) is 5.82 Å². The van der Waals surface area contributed by atoms with Crippen LogP contribution in [0.25, 0.3) is 0 Å². The van der Waals surface area contributed by atoms with E-state index in [0.717, 1.165) is 10.8 Å². The second-order valence-electron chi connectivity index (χ2n) is 5.23. The van der Waals surface area contributed by atoms with E-state index in [-0.39, 0.29) is 17.1 Å². The summed E-state index contributed by atoms with van der Waals surface area (Å²) in [4.78, 5) is 0. The number of benzene rings is 1. The van der Waals surface area contributed by atoms with Crippen LogP contribution in [0.5, 0.6) is 0 Å². The molecule has 1 nitrogen and oxygen atoms in total. The van der Waals surface area contributed by atoms with Gasteiger partial charge < -0.3 is 5.73 Å². The van der Waals surface area contributed by atoms with E-state index in [1.165, 1.54) is 44.2 Å². The van der Waals surface area contributed by atoms with Gasteiger partial charge in [-0.3, -0.25) is 0 Å². The summed E-state index contributed by atoms with van der Waals surface area (Å²) >= 11 is 1.99. The molecule has 100 valence electrons. The highest BCUT2D eigenvalue weighted by Gasteiger charge is 2.23. The Labute approximate surface area is 113 Å². The molecule has 2 N–H and O–H groups in total. The predicted octanol–water partition coefficient (Wildman–Crippen LogP) is 4.28. The molecule has 1 fully saturated rings. The number of thioether (sulfide) groups is 1. The molecule has 0 aliphatic heterocycles. The smallest absolute Gasteiger partial charge is 0.123 e. The van der Waals surface area contributed by atoms with Gasteiger partial charge in [0.25, 0.3) is 0 Å². The third-order valence-corrected chi connectivity index (χ3v) is 5.42. The fraction of sp³-hybridized carbons (Fsp3) is 0.600.